The number of halogens is 1. The van der Waals surface area contributed by atoms with Crippen molar-refractivity contribution in [3.05, 3.63) is 29.6 Å². The van der Waals surface area contributed by atoms with Crippen LogP contribution in [0.4, 0.5) is 4.39 Å². The van der Waals surface area contributed by atoms with Gasteiger partial charge in [-0.2, -0.15) is 11.8 Å². The van der Waals surface area contributed by atoms with Gasteiger partial charge in [0.05, 0.1) is 7.11 Å². The molecule has 0 amide bonds. The van der Waals surface area contributed by atoms with E-state index in [4.69, 9.17) is 4.74 Å². The Bertz CT molecular complexity index is 380. The quantitative estimate of drug-likeness (QED) is 0.887. The van der Waals surface area contributed by atoms with Crippen LogP contribution in [0, 0.1) is 11.7 Å². The number of benzene rings is 1. The van der Waals surface area contributed by atoms with Gasteiger partial charge in [-0.25, -0.2) is 4.39 Å². The second-order valence-corrected chi connectivity index (χ2v) is 5.84. The molecular formula is C14H20FNOS. The van der Waals surface area contributed by atoms with Crippen LogP contribution in [-0.4, -0.2) is 25.2 Å². The van der Waals surface area contributed by atoms with Crippen molar-refractivity contribution in [3.8, 4) is 5.75 Å². The van der Waals surface area contributed by atoms with E-state index in [9.17, 15) is 4.39 Å². The highest BCUT2D eigenvalue weighted by molar-refractivity contribution is 7.99. The van der Waals surface area contributed by atoms with E-state index in [0.717, 1.165) is 12.5 Å². The largest absolute Gasteiger partial charge is 0.494 e. The first-order valence-corrected chi connectivity index (χ1v) is 7.56. The number of thioether (sulfide) groups is 1. The van der Waals surface area contributed by atoms with Crippen LogP contribution in [0.1, 0.15) is 18.4 Å². The molecule has 0 unspecified atom stereocenters. The first kappa shape index (κ1) is 13.7. The summed E-state index contributed by atoms with van der Waals surface area (Å²) >= 11 is 2.03. The summed E-state index contributed by atoms with van der Waals surface area (Å²) in [5, 5.41) is 3.36. The van der Waals surface area contributed by atoms with Crippen molar-refractivity contribution in [1.29, 1.82) is 0 Å². The second-order valence-electron chi connectivity index (χ2n) is 4.62. The van der Waals surface area contributed by atoms with Crippen molar-refractivity contribution in [2.75, 3.05) is 25.2 Å². The Hall–Kier alpha value is -0.740. The van der Waals surface area contributed by atoms with Gasteiger partial charge >= 0.3 is 0 Å². The van der Waals surface area contributed by atoms with Crippen LogP contribution in [0.15, 0.2) is 18.2 Å². The van der Waals surface area contributed by atoms with Crippen molar-refractivity contribution in [2.24, 2.45) is 5.92 Å². The molecule has 100 valence electrons. The van der Waals surface area contributed by atoms with Crippen molar-refractivity contribution in [1.82, 2.24) is 5.32 Å². The zero-order chi connectivity index (χ0) is 12.8. The lowest BCUT2D eigenvalue weighted by Gasteiger charge is -2.21. The molecule has 0 saturated carbocycles. The van der Waals surface area contributed by atoms with Gasteiger partial charge in [-0.15, -0.1) is 0 Å². The maximum atomic E-state index is 13.9. The van der Waals surface area contributed by atoms with E-state index in [2.05, 4.69) is 5.32 Å². The maximum Gasteiger partial charge on any atom is 0.169 e. The Balaban J connectivity index is 1.82. The highest BCUT2D eigenvalue weighted by Gasteiger charge is 2.13. The number of methoxy groups -OCH3 is 1. The molecule has 1 saturated heterocycles. The van der Waals surface area contributed by atoms with Gasteiger partial charge in [0.2, 0.25) is 0 Å². The van der Waals surface area contributed by atoms with Gasteiger partial charge in [0.15, 0.2) is 11.6 Å². The van der Waals surface area contributed by atoms with Crippen LogP contribution in [0.3, 0.4) is 0 Å². The van der Waals surface area contributed by atoms with E-state index < -0.39 is 0 Å². The smallest absolute Gasteiger partial charge is 0.169 e. The third-order valence-corrected chi connectivity index (χ3v) is 4.40. The van der Waals surface area contributed by atoms with Gasteiger partial charge in [-0.05, 0) is 42.9 Å². The monoisotopic (exact) mass is 269 g/mol. The standard InChI is InChI=1S/C14H20FNOS/c1-17-13-4-2-3-12(14(13)15)10-16-9-11-5-7-18-8-6-11/h2-4,11,16H,5-10H2,1H3. The fourth-order valence-corrected chi connectivity index (χ4v) is 3.42. The molecular weight excluding hydrogens is 249 g/mol. The van der Waals surface area contributed by atoms with Crippen LogP contribution in [-0.2, 0) is 6.54 Å². The van der Waals surface area contributed by atoms with Crippen LogP contribution >= 0.6 is 11.8 Å². The van der Waals surface area contributed by atoms with Gasteiger partial charge in [-0.3, -0.25) is 0 Å². The molecule has 0 aromatic heterocycles. The van der Waals surface area contributed by atoms with E-state index in [1.54, 1.807) is 6.07 Å². The third-order valence-electron chi connectivity index (χ3n) is 3.35. The van der Waals surface area contributed by atoms with E-state index in [-0.39, 0.29) is 5.82 Å². The van der Waals surface area contributed by atoms with Crippen molar-refractivity contribution < 1.29 is 9.13 Å². The minimum Gasteiger partial charge on any atom is -0.494 e. The molecule has 1 aliphatic heterocycles. The first-order chi connectivity index (χ1) is 8.81. The van der Waals surface area contributed by atoms with Gasteiger partial charge in [-0.1, -0.05) is 12.1 Å². The van der Waals surface area contributed by atoms with Gasteiger partial charge in [0.25, 0.3) is 0 Å². The zero-order valence-electron chi connectivity index (χ0n) is 10.7. The summed E-state index contributed by atoms with van der Waals surface area (Å²) in [6.45, 7) is 1.56. The summed E-state index contributed by atoms with van der Waals surface area (Å²) in [6.07, 6.45) is 2.55. The molecule has 0 atom stereocenters. The normalized spacial score (nSPS) is 16.8. The average molecular weight is 269 g/mol. The van der Waals surface area contributed by atoms with Gasteiger partial charge in [0.1, 0.15) is 0 Å². The average Bonchev–Trinajstić information content (AvgIpc) is 2.42. The van der Waals surface area contributed by atoms with Crippen LogP contribution in [0.5, 0.6) is 5.75 Å². The summed E-state index contributed by atoms with van der Waals surface area (Å²) in [5.41, 5.74) is 0.680. The minimum atomic E-state index is -0.244. The minimum absolute atomic E-state index is 0.244. The number of hydrogen-bond donors (Lipinski definition) is 1. The molecule has 1 fully saturated rings. The molecule has 1 N–H and O–H groups in total. The van der Waals surface area contributed by atoms with E-state index in [0.29, 0.717) is 17.9 Å². The molecule has 0 spiro atoms. The summed E-state index contributed by atoms with van der Waals surface area (Å²) in [4.78, 5) is 0. The van der Waals surface area contributed by atoms with E-state index in [1.807, 2.05) is 23.9 Å². The Kier molecular flexibility index (Phi) is 5.32. The molecule has 0 aliphatic carbocycles. The van der Waals surface area contributed by atoms with Crippen LogP contribution in [0.2, 0.25) is 0 Å². The summed E-state index contributed by atoms with van der Waals surface area (Å²) < 4.78 is 18.8. The Morgan fingerprint density at radius 1 is 1.39 bits per heavy atom. The molecule has 1 aromatic carbocycles. The molecule has 18 heavy (non-hydrogen) atoms. The van der Waals surface area contributed by atoms with Crippen molar-refractivity contribution in [2.45, 2.75) is 19.4 Å². The van der Waals surface area contributed by atoms with E-state index >= 15 is 0 Å². The highest BCUT2D eigenvalue weighted by Crippen LogP contribution is 2.23. The lowest BCUT2D eigenvalue weighted by molar-refractivity contribution is 0.382. The summed E-state index contributed by atoms with van der Waals surface area (Å²) in [5.74, 6) is 3.36. The molecule has 2 nitrogen and oxygen atoms in total. The van der Waals surface area contributed by atoms with Gasteiger partial charge < -0.3 is 10.1 Å². The predicted octanol–water partition coefficient (Wildman–Crippen LogP) is 3.07. The van der Waals surface area contributed by atoms with Crippen molar-refractivity contribution in [3.63, 3.8) is 0 Å². The molecule has 1 heterocycles. The summed E-state index contributed by atoms with van der Waals surface area (Å²) in [6, 6.07) is 5.29. The van der Waals surface area contributed by atoms with Crippen LogP contribution < -0.4 is 10.1 Å². The molecule has 2 rings (SSSR count). The van der Waals surface area contributed by atoms with Crippen molar-refractivity contribution >= 4 is 11.8 Å². The zero-order valence-corrected chi connectivity index (χ0v) is 11.6. The third kappa shape index (κ3) is 3.62. The Labute approximate surface area is 112 Å². The highest BCUT2D eigenvalue weighted by atomic mass is 32.2. The fraction of sp³-hybridized carbons (Fsp3) is 0.571. The van der Waals surface area contributed by atoms with E-state index in [1.165, 1.54) is 31.5 Å². The molecule has 4 heteroatoms. The predicted molar refractivity (Wildman–Crippen MR) is 74.7 cm³/mol. The van der Waals surface area contributed by atoms with Gasteiger partial charge in [0, 0.05) is 12.1 Å². The topological polar surface area (TPSA) is 21.3 Å². The lowest BCUT2D eigenvalue weighted by atomic mass is 10.0. The second kappa shape index (κ2) is 7.00. The number of hydrogen-bond acceptors (Lipinski definition) is 3. The summed E-state index contributed by atoms with van der Waals surface area (Å²) in [7, 11) is 1.50. The molecule has 0 bridgehead atoms. The fourth-order valence-electron chi connectivity index (χ4n) is 2.21. The Morgan fingerprint density at radius 2 is 2.17 bits per heavy atom. The lowest BCUT2D eigenvalue weighted by Crippen LogP contribution is -2.25. The maximum absolute atomic E-state index is 13.9. The molecule has 0 radical (unpaired) electrons. The number of nitrogens with one attached hydrogen (secondary N) is 1. The SMILES string of the molecule is COc1cccc(CNCC2CCSCC2)c1F. The molecule has 1 aromatic rings. The first-order valence-electron chi connectivity index (χ1n) is 6.41. The van der Waals surface area contributed by atoms with Crippen LogP contribution in [0.25, 0.3) is 0 Å². The number of ether oxygens (including phenoxy) is 1. The molecule has 1 aliphatic rings. The Morgan fingerprint density at radius 3 is 2.89 bits per heavy atom. The number of rotatable bonds is 5.